The number of hydrogen-bond acceptors (Lipinski definition) is 2. The number of amides is 1. The molecule has 1 N–H and O–H groups in total. The van der Waals surface area contributed by atoms with Gasteiger partial charge in [-0.25, -0.2) is 0 Å². The molecule has 18 heavy (non-hydrogen) atoms. The van der Waals surface area contributed by atoms with Gasteiger partial charge in [-0.3, -0.25) is 4.79 Å². The summed E-state index contributed by atoms with van der Waals surface area (Å²) < 4.78 is 0. The number of thiophene rings is 1. The minimum Gasteiger partial charge on any atom is -0.348 e. The van der Waals surface area contributed by atoms with E-state index in [2.05, 4.69) is 29.6 Å². The normalized spacial score (nSPS) is 14.5. The van der Waals surface area contributed by atoms with Crippen molar-refractivity contribution in [2.75, 3.05) is 0 Å². The zero-order valence-electron chi connectivity index (χ0n) is 10.3. The van der Waals surface area contributed by atoms with Crippen LogP contribution in [0.25, 0.3) is 0 Å². The van der Waals surface area contributed by atoms with Crippen LogP contribution in [0.4, 0.5) is 0 Å². The van der Waals surface area contributed by atoms with E-state index in [0.717, 1.165) is 23.3 Å². The smallest absolute Gasteiger partial charge is 0.261 e. The van der Waals surface area contributed by atoms with Gasteiger partial charge in [0.25, 0.3) is 5.91 Å². The van der Waals surface area contributed by atoms with E-state index in [4.69, 9.17) is 0 Å². The van der Waals surface area contributed by atoms with Crippen LogP contribution in [0.1, 0.15) is 26.4 Å². The highest BCUT2D eigenvalue weighted by atomic mass is 32.1. The summed E-state index contributed by atoms with van der Waals surface area (Å²) >= 11 is 1.51. The molecule has 0 saturated carbocycles. The van der Waals surface area contributed by atoms with Crippen LogP contribution in [0.15, 0.2) is 35.7 Å². The maximum Gasteiger partial charge on any atom is 0.261 e. The fraction of sp³-hybridized carbons (Fsp3) is 0.267. The molecular formula is C15H15NOS. The van der Waals surface area contributed by atoms with E-state index in [-0.39, 0.29) is 11.9 Å². The maximum atomic E-state index is 12.1. The summed E-state index contributed by atoms with van der Waals surface area (Å²) in [4.78, 5) is 13.0. The maximum absolute atomic E-state index is 12.1. The van der Waals surface area contributed by atoms with E-state index in [0.29, 0.717) is 0 Å². The Morgan fingerprint density at radius 1 is 1.22 bits per heavy atom. The molecule has 3 heteroatoms. The average molecular weight is 257 g/mol. The number of aryl methyl sites for hydroxylation is 1. The molecule has 1 aliphatic rings. The van der Waals surface area contributed by atoms with E-state index in [1.54, 1.807) is 0 Å². The van der Waals surface area contributed by atoms with E-state index in [1.165, 1.54) is 22.5 Å². The molecule has 1 aliphatic carbocycles. The minimum absolute atomic E-state index is 0.0697. The van der Waals surface area contributed by atoms with Crippen LogP contribution < -0.4 is 5.32 Å². The lowest BCUT2D eigenvalue weighted by Gasteiger charge is -2.11. The third-order valence-corrected chi connectivity index (χ3v) is 4.47. The zero-order valence-corrected chi connectivity index (χ0v) is 11.1. The predicted molar refractivity (Wildman–Crippen MR) is 74.2 cm³/mol. The second kappa shape index (κ2) is 4.58. The standard InChI is InChI=1S/C15H15NOS/c1-10-6-7-18-14(10)15(17)16-13-8-11-4-2-3-5-12(11)9-13/h2-7,13H,8-9H2,1H3,(H,16,17). The van der Waals surface area contributed by atoms with Crippen LogP contribution in [-0.2, 0) is 12.8 Å². The van der Waals surface area contributed by atoms with Gasteiger partial charge in [-0.1, -0.05) is 24.3 Å². The van der Waals surface area contributed by atoms with Crippen molar-refractivity contribution in [2.24, 2.45) is 0 Å². The summed E-state index contributed by atoms with van der Waals surface area (Å²) in [5.41, 5.74) is 3.80. The van der Waals surface area contributed by atoms with Crippen molar-refractivity contribution >= 4 is 17.2 Å². The number of fused-ring (bicyclic) bond motifs is 1. The van der Waals surface area contributed by atoms with Gasteiger partial charge in [0.15, 0.2) is 0 Å². The largest absolute Gasteiger partial charge is 0.348 e. The lowest BCUT2D eigenvalue weighted by atomic mass is 10.1. The molecule has 1 amide bonds. The van der Waals surface area contributed by atoms with Gasteiger partial charge in [-0.05, 0) is 47.9 Å². The van der Waals surface area contributed by atoms with Gasteiger partial charge in [0, 0.05) is 6.04 Å². The summed E-state index contributed by atoms with van der Waals surface area (Å²) in [5, 5.41) is 5.11. The van der Waals surface area contributed by atoms with Crippen LogP contribution in [-0.4, -0.2) is 11.9 Å². The molecular weight excluding hydrogens is 242 g/mol. The van der Waals surface area contributed by atoms with Crippen molar-refractivity contribution in [2.45, 2.75) is 25.8 Å². The van der Waals surface area contributed by atoms with Gasteiger partial charge < -0.3 is 5.32 Å². The topological polar surface area (TPSA) is 29.1 Å². The Morgan fingerprint density at radius 3 is 2.44 bits per heavy atom. The summed E-state index contributed by atoms with van der Waals surface area (Å²) in [7, 11) is 0. The molecule has 1 aromatic carbocycles. The summed E-state index contributed by atoms with van der Waals surface area (Å²) in [6.45, 7) is 1.98. The van der Waals surface area contributed by atoms with Crippen LogP contribution >= 0.6 is 11.3 Å². The summed E-state index contributed by atoms with van der Waals surface area (Å²) in [5.74, 6) is 0.0697. The average Bonchev–Trinajstić information content (AvgIpc) is 2.94. The molecule has 0 atom stereocenters. The van der Waals surface area contributed by atoms with Gasteiger partial charge in [0.1, 0.15) is 0 Å². The molecule has 92 valence electrons. The Bertz CT molecular complexity index is 563. The van der Waals surface area contributed by atoms with Crippen molar-refractivity contribution < 1.29 is 4.79 Å². The number of carbonyl (C=O) groups excluding carboxylic acids is 1. The highest BCUT2D eigenvalue weighted by Gasteiger charge is 2.23. The Kier molecular flexibility index (Phi) is 2.92. The van der Waals surface area contributed by atoms with Crippen LogP contribution in [0.3, 0.4) is 0 Å². The van der Waals surface area contributed by atoms with E-state index >= 15 is 0 Å². The Balaban J connectivity index is 1.70. The molecule has 0 aliphatic heterocycles. The number of nitrogens with one attached hydrogen (secondary N) is 1. The van der Waals surface area contributed by atoms with Crippen LogP contribution in [0.2, 0.25) is 0 Å². The number of hydrogen-bond donors (Lipinski definition) is 1. The second-order valence-corrected chi connectivity index (χ2v) is 5.70. The first-order chi connectivity index (χ1) is 8.74. The molecule has 0 spiro atoms. The second-order valence-electron chi connectivity index (χ2n) is 4.78. The van der Waals surface area contributed by atoms with Gasteiger partial charge in [-0.15, -0.1) is 11.3 Å². The molecule has 0 unspecified atom stereocenters. The van der Waals surface area contributed by atoms with Crippen molar-refractivity contribution in [3.05, 3.63) is 57.3 Å². The highest BCUT2D eigenvalue weighted by molar-refractivity contribution is 7.12. The third kappa shape index (κ3) is 2.06. The third-order valence-electron chi connectivity index (χ3n) is 3.45. The highest BCUT2D eigenvalue weighted by Crippen LogP contribution is 2.22. The van der Waals surface area contributed by atoms with Gasteiger partial charge in [0.2, 0.25) is 0 Å². The number of benzene rings is 1. The van der Waals surface area contributed by atoms with Gasteiger partial charge >= 0.3 is 0 Å². The van der Waals surface area contributed by atoms with Crippen molar-refractivity contribution in [3.8, 4) is 0 Å². The molecule has 2 aromatic rings. The van der Waals surface area contributed by atoms with Crippen molar-refractivity contribution in [3.63, 3.8) is 0 Å². The first kappa shape index (κ1) is 11.5. The Morgan fingerprint density at radius 2 is 1.89 bits per heavy atom. The SMILES string of the molecule is Cc1ccsc1C(=O)NC1Cc2ccccc2C1. The Labute approximate surface area is 111 Å². The van der Waals surface area contributed by atoms with Gasteiger partial charge in [-0.2, -0.15) is 0 Å². The monoisotopic (exact) mass is 257 g/mol. The van der Waals surface area contributed by atoms with E-state index in [9.17, 15) is 4.79 Å². The van der Waals surface area contributed by atoms with E-state index < -0.39 is 0 Å². The fourth-order valence-corrected chi connectivity index (χ4v) is 3.35. The fourth-order valence-electron chi connectivity index (χ4n) is 2.52. The quantitative estimate of drug-likeness (QED) is 0.880. The lowest BCUT2D eigenvalue weighted by molar-refractivity contribution is 0.0942. The number of rotatable bonds is 2. The molecule has 0 saturated heterocycles. The number of carbonyl (C=O) groups is 1. The lowest BCUT2D eigenvalue weighted by Crippen LogP contribution is -2.35. The Hall–Kier alpha value is -1.61. The van der Waals surface area contributed by atoms with Gasteiger partial charge in [0.05, 0.1) is 4.88 Å². The first-order valence-corrected chi connectivity index (χ1v) is 7.04. The molecule has 0 fully saturated rings. The molecule has 2 nitrogen and oxygen atoms in total. The summed E-state index contributed by atoms with van der Waals surface area (Å²) in [6, 6.07) is 10.7. The molecule has 1 heterocycles. The first-order valence-electron chi connectivity index (χ1n) is 6.16. The van der Waals surface area contributed by atoms with Crippen molar-refractivity contribution in [1.29, 1.82) is 0 Å². The molecule has 0 radical (unpaired) electrons. The molecule has 1 aromatic heterocycles. The summed E-state index contributed by atoms with van der Waals surface area (Å²) in [6.07, 6.45) is 1.90. The molecule has 3 rings (SSSR count). The zero-order chi connectivity index (χ0) is 12.5. The van der Waals surface area contributed by atoms with Crippen LogP contribution in [0, 0.1) is 6.92 Å². The van der Waals surface area contributed by atoms with Crippen molar-refractivity contribution in [1.82, 2.24) is 5.32 Å². The predicted octanol–water partition coefficient (Wildman–Crippen LogP) is 2.95. The minimum atomic E-state index is 0.0697. The molecule has 0 bridgehead atoms. The van der Waals surface area contributed by atoms with E-state index in [1.807, 2.05) is 18.4 Å². The van der Waals surface area contributed by atoms with Crippen LogP contribution in [0.5, 0.6) is 0 Å².